The summed E-state index contributed by atoms with van der Waals surface area (Å²) in [6, 6.07) is 12.8. The number of benzene rings is 2. The second-order valence-electron chi connectivity index (χ2n) is 7.63. The van der Waals surface area contributed by atoms with Gasteiger partial charge in [-0.3, -0.25) is 9.59 Å². The molecule has 0 aromatic heterocycles. The fourth-order valence-electron chi connectivity index (χ4n) is 3.12. The standard InChI is InChI=1S/C24H29BrCl2N2O2S/c1-4-16(3)28-24(31)22(5-2)29(13-18-8-11-20(26)21(27)12-18)23(30)15-32-14-17-6-9-19(25)10-7-17/h6-12,16,22H,4-5,13-15H2,1-3H3,(H,28,31)/t16-,22+/m1/s1. The number of rotatable bonds is 11. The van der Waals surface area contributed by atoms with Crippen molar-refractivity contribution in [3.63, 3.8) is 0 Å². The van der Waals surface area contributed by atoms with E-state index in [2.05, 4.69) is 21.2 Å². The lowest BCUT2D eigenvalue weighted by atomic mass is 10.1. The zero-order chi connectivity index (χ0) is 23.7. The summed E-state index contributed by atoms with van der Waals surface area (Å²) in [5.74, 6) is 0.789. The Labute approximate surface area is 213 Å². The topological polar surface area (TPSA) is 49.4 Å². The minimum Gasteiger partial charge on any atom is -0.352 e. The summed E-state index contributed by atoms with van der Waals surface area (Å²) in [5, 5.41) is 3.91. The summed E-state index contributed by atoms with van der Waals surface area (Å²) in [7, 11) is 0. The van der Waals surface area contributed by atoms with Gasteiger partial charge in [0.15, 0.2) is 0 Å². The summed E-state index contributed by atoms with van der Waals surface area (Å²) < 4.78 is 1.02. The maximum absolute atomic E-state index is 13.3. The highest BCUT2D eigenvalue weighted by Crippen LogP contribution is 2.25. The van der Waals surface area contributed by atoms with Gasteiger partial charge in [0.25, 0.3) is 0 Å². The van der Waals surface area contributed by atoms with Gasteiger partial charge in [-0.2, -0.15) is 0 Å². The van der Waals surface area contributed by atoms with Crippen LogP contribution in [-0.4, -0.2) is 34.6 Å². The zero-order valence-electron chi connectivity index (χ0n) is 18.5. The summed E-state index contributed by atoms with van der Waals surface area (Å²) >= 11 is 17.2. The molecular weight excluding hydrogens is 531 g/mol. The predicted octanol–water partition coefficient (Wildman–Crippen LogP) is 6.71. The van der Waals surface area contributed by atoms with Crippen molar-refractivity contribution in [3.8, 4) is 0 Å². The van der Waals surface area contributed by atoms with Gasteiger partial charge in [-0.1, -0.05) is 71.2 Å². The summed E-state index contributed by atoms with van der Waals surface area (Å²) in [4.78, 5) is 27.9. The molecule has 0 heterocycles. The molecule has 2 aromatic carbocycles. The van der Waals surface area contributed by atoms with Gasteiger partial charge in [-0.25, -0.2) is 0 Å². The highest BCUT2D eigenvalue weighted by molar-refractivity contribution is 9.10. The van der Waals surface area contributed by atoms with Crippen LogP contribution in [0, 0.1) is 0 Å². The monoisotopic (exact) mass is 558 g/mol. The highest BCUT2D eigenvalue weighted by Gasteiger charge is 2.29. The first-order valence-corrected chi connectivity index (χ1v) is 13.3. The molecule has 0 spiro atoms. The van der Waals surface area contributed by atoms with E-state index in [0.717, 1.165) is 27.8 Å². The molecule has 8 heteroatoms. The number of hydrogen-bond acceptors (Lipinski definition) is 3. The second-order valence-corrected chi connectivity index (χ2v) is 10.3. The normalized spacial score (nSPS) is 12.8. The fourth-order valence-corrected chi connectivity index (χ4v) is 4.57. The first-order chi connectivity index (χ1) is 15.2. The van der Waals surface area contributed by atoms with Gasteiger partial charge in [0, 0.05) is 22.8 Å². The number of halogens is 3. The molecular formula is C24H29BrCl2N2O2S. The molecule has 0 saturated heterocycles. The third kappa shape index (κ3) is 8.29. The van der Waals surface area contributed by atoms with Crippen molar-refractivity contribution in [2.75, 3.05) is 5.75 Å². The van der Waals surface area contributed by atoms with Crippen LogP contribution >= 0.6 is 50.9 Å². The summed E-state index contributed by atoms with van der Waals surface area (Å²) in [6.07, 6.45) is 1.35. The fraction of sp³-hybridized carbons (Fsp3) is 0.417. The molecule has 0 aliphatic carbocycles. The predicted molar refractivity (Wildman–Crippen MR) is 139 cm³/mol. The minimum absolute atomic E-state index is 0.0465. The Kier molecular flexibility index (Phi) is 11.4. The summed E-state index contributed by atoms with van der Waals surface area (Å²) in [5.41, 5.74) is 1.98. The van der Waals surface area contributed by atoms with Gasteiger partial charge >= 0.3 is 0 Å². The third-order valence-electron chi connectivity index (χ3n) is 5.13. The van der Waals surface area contributed by atoms with Crippen molar-refractivity contribution in [2.45, 2.75) is 58.0 Å². The molecule has 0 bridgehead atoms. The lowest BCUT2D eigenvalue weighted by molar-refractivity contribution is -0.139. The van der Waals surface area contributed by atoms with Crippen LogP contribution in [0.3, 0.4) is 0 Å². The van der Waals surface area contributed by atoms with Gasteiger partial charge in [-0.05, 0) is 55.2 Å². The molecule has 2 amide bonds. The molecule has 0 aliphatic rings. The third-order valence-corrected chi connectivity index (χ3v) is 7.39. The van der Waals surface area contributed by atoms with Crippen molar-refractivity contribution < 1.29 is 9.59 Å². The lowest BCUT2D eigenvalue weighted by Crippen LogP contribution is -2.51. The Bertz CT molecular complexity index is 911. The number of amides is 2. The van der Waals surface area contributed by atoms with Crippen LogP contribution in [0.4, 0.5) is 0 Å². The van der Waals surface area contributed by atoms with Crippen LogP contribution in [0.1, 0.15) is 44.7 Å². The van der Waals surface area contributed by atoms with Crippen molar-refractivity contribution >= 4 is 62.7 Å². The van der Waals surface area contributed by atoms with Gasteiger partial charge in [-0.15, -0.1) is 11.8 Å². The first kappa shape index (κ1) is 27.0. The van der Waals surface area contributed by atoms with Gasteiger partial charge in [0.1, 0.15) is 6.04 Å². The Balaban J connectivity index is 2.16. The zero-order valence-corrected chi connectivity index (χ0v) is 22.5. The second kappa shape index (κ2) is 13.5. The van der Waals surface area contributed by atoms with Crippen molar-refractivity contribution in [2.24, 2.45) is 0 Å². The Morgan fingerprint density at radius 2 is 1.69 bits per heavy atom. The molecule has 2 atom stereocenters. The lowest BCUT2D eigenvalue weighted by Gasteiger charge is -2.31. The molecule has 1 N–H and O–H groups in total. The first-order valence-electron chi connectivity index (χ1n) is 10.6. The molecule has 0 fully saturated rings. The van der Waals surface area contributed by atoms with Crippen LogP contribution in [-0.2, 0) is 21.9 Å². The largest absolute Gasteiger partial charge is 0.352 e. The maximum Gasteiger partial charge on any atom is 0.243 e. The van der Waals surface area contributed by atoms with E-state index < -0.39 is 6.04 Å². The van der Waals surface area contributed by atoms with Crippen LogP contribution in [0.5, 0.6) is 0 Å². The van der Waals surface area contributed by atoms with Crippen LogP contribution in [0.2, 0.25) is 10.0 Å². The van der Waals surface area contributed by atoms with E-state index in [-0.39, 0.29) is 23.6 Å². The molecule has 0 saturated carbocycles. The SMILES string of the molecule is CC[C@@H](C)NC(=O)[C@H](CC)N(Cc1ccc(Cl)c(Cl)c1)C(=O)CSCc1ccc(Br)cc1. The quantitative estimate of drug-likeness (QED) is 0.333. The van der Waals surface area contributed by atoms with Gasteiger partial charge < -0.3 is 10.2 Å². The number of carbonyl (C=O) groups is 2. The van der Waals surface area contributed by atoms with Gasteiger partial charge in [0.05, 0.1) is 15.8 Å². The van der Waals surface area contributed by atoms with E-state index in [1.807, 2.05) is 51.1 Å². The van der Waals surface area contributed by atoms with Crippen LogP contribution < -0.4 is 5.32 Å². The van der Waals surface area contributed by atoms with Crippen molar-refractivity contribution in [1.82, 2.24) is 10.2 Å². The molecule has 4 nitrogen and oxygen atoms in total. The van der Waals surface area contributed by atoms with Crippen LogP contribution in [0.15, 0.2) is 46.9 Å². The minimum atomic E-state index is -0.556. The molecule has 174 valence electrons. The van der Waals surface area contributed by atoms with Crippen molar-refractivity contribution in [3.05, 3.63) is 68.1 Å². The number of carbonyl (C=O) groups excluding carboxylic acids is 2. The highest BCUT2D eigenvalue weighted by atomic mass is 79.9. The molecule has 0 aliphatic heterocycles. The van der Waals surface area contributed by atoms with E-state index in [1.165, 1.54) is 11.8 Å². The van der Waals surface area contributed by atoms with E-state index in [4.69, 9.17) is 23.2 Å². The Morgan fingerprint density at radius 1 is 1.03 bits per heavy atom. The summed E-state index contributed by atoms with van der Waals surface area (Å²) in [6.45, 7) is 6.19. The number of nitrogens with zero attached hydrogens (tertiary/aromatic N) is 1. The molecule has 32 heavy (non-hydrogen) atoms. The number of hydrogen-bond donors (Lipinski definition) is 1. The maximum atomic E-state index is 13.3. The van der Waals surface area contributed by atoms with Gasteiger partial charge in [0.2, 0.25) is 11.8 Å². The molecule has 2 rings (SSSR count). The Hall–Kier alpha value is -1.21. The molecule has 2 aromatic rings. The van der Waals surface area contributed by atoms with Crippen molar-refractivity contribution in [1.29, 1.82) is 0 Å². The number of thioether (sulfide) groups is 1. The van der Waals surface area contributed by atoms with E-state index in [0.29, 0.717) is 23.0 Å². The molecule has 0 radical (unpaired) electrons. The van der Waals surface area contributed by atoms with Crippen LogP contribution in [0.25, 0.3) is 0 Å². The smallest absolute Gasteiger partial charge is 0.243 e. The van der Waals surface area contributed by atoms with E-state index in [9.17, 15) is 9.59 Å². The molecule has 0 unspecified atom stereocenters. The number of nitrogens with one attached hydrogen (secondary N) is 1. The Morgan fingerprint density at radius 3 is 2.28 bits per heavy atom. The van der Waals surface area contributed by atoms with E-state index >= 15 is 0 Å². The average Bonchev–Trinajstić information content (AvgIpc) is 2.77. The average molecular weight is 560 g/mol. The van der Waals surface area contributed by atoms with E-state index in [1.54, 1.807) is 17.0 Å².